The van der Waals surface area contributed by atoms with Crippen LogP contribution in [0.2, 0.25) is 5.02 Å². The third-order valence-corrected chi connectivity index (χ3v) is 4.67. The van der Waals surface area contributed by atoms with Gasteiger partial charge in [-0.3, -0.25) is 4.79 Å². The molecule has 1 aliphatic rings. The van der Waals surface area contributed by atoms with E-state index in [1.54, 1.807) is 0 Å². The number of halogens is 1. The van der Waals surface area contributed by atoms with Crippen molar-refractivity contribution < 1.29 is 4.79 Å². The van der Waals surface area contributed by atoms with Gasteiger partial charge in [-0.05, 0) is 34.9 Å². The van der Waals surface area contributed by atoms with E-state index in [2.05, 4.69) is 12.1 Å². The average molecular weight is 331 g/mol. The van der Waals surface area contributed by atoms with Gasteiger partial charge in [0.25, 0.3) is 0 Å². The van der Waals surface area contributed by atoms with Crippen molar-refractivity contribution in [2.75, 3.05) is 0 Å². The van der Waals surface area contributed by atoms with Gasteiger partial charge in [-0.15, -0.1) is 0 Å². The van der Waals surface area contributed by atoms with E-state index in [0.717, 1.165) is 27.8 Å². The molecule has 0 aliphatic heterocycles. The quantitative estimate of drug-likeness (QED) is 0.546. The van der Waals surface area contributed by atoms with Crippen molar-refractivity contribution in [1.82, 2.24) is 0 Å². The zero-order chi connectivity index (χ0) is 16.5. The number of allylic oxidation sites excluding steroid dienone is 1. The van der Waals surface area contributed by atoms with Crippen LogP contribution in [-0.4, -0.2) is 5.78 Å². The number of rotatable bonds is 2. The summed E-state index contributed by atoms with van der Waals surface area (Å²) in [4.78, 5) is 13.0. The predicted molar refractivity (Wildman–Crippen MR) is 98.5 cm³/mol. The molecule has 0 fully saturated rings. The smallest absolute Gasteiger partial charge is 0.190 e. The van der Waals surface area contributed by atoms with Crippen LogP contribution in [-0.2, 0) is 0 Å². The number of fused-ring (bicyclic) bond motifs is 1. The highest BCUT2D eigenvalue weighted by atomic mass is 35.5. The van der Waals surface area contributed by atoms with Crippen LogP contribution in [0.1, 0.15) is 33.0 Å². The highest BCUT2D eigenvalue weighted by Gasteiger charge is 2.35. The fraction of sp³-hybridized carbons (Fsp3) is 0.0455. The zero-order valence-corrected chi connectivity index (χ0v) is 13.7. The molecule has 0 aromatic heterocycles. The van der Waals surface area contributed by atoms with Gasteiger partial charge < -0.3 is 0 Å². The van der Waals surface area contributed by atoms with Crippen molar-refractivity contribution in [3.8, 4) is 0 Å². The highest BCUT2D eigenvalue weighted by molar-refractivity contribution is 6.30. The predicted octanol–water partition coefficient (Wildman–Crippen LogP) is 5.75. The first-order valence-corrected chi connectivity index (χ1v) is 8.27. The van der Waals surface area contributed by atoms with Crippen LogP contribution in [0.4, 0.5) is 0 Å². The molecule has 0 unspecified atom stereocenters. The number of ketones is 1. The molecule has 0 N–H and O–H groups in total. The number of hydrogen-bond donors (Lipinski definition) is 0. The number of hydrogen-bond acceptors (Lipinski definition) is 1. The molecule has 0 radical (unpaired) electrons. The maximum atomic E-state index is 13.0. The van der Waals surface area contributed by atoms with Gasteiger partial charge in [-0.25, -0.2) is 0 Å². The second-order valence-corrected chi connectivity index (χ2v) is 6.35. The fourth-order valence-corrected chi connectivity index (χ4v) is 3.43. The number of benzene rings is 3. The molecule has 0 saturated heterocycles. The Balaban J connectivity index is 1.88. The van der Waals surface area contributed by atoms with E-state index in [9.17, 15) is 4.79 Å². The van der Waals surface area contributed by atoms with E-state index >= 15 is 0 Å². The third kappa shape index (κ3) is 2.57. The van der Waals surface area contributed by atoms with E-state index in [1.165, 1.54) is 0 Å². The molecular weight excluding hydrogens is 316 g/mol. The first-order valence-electron chi connectivity index (χ1n) is 7.90. The minimum absolute atomic E-state index is 0.0226. The van der Waals surface area contributed by atoms with Gasteiger partial charge in [0, 0.05) is 22.1 Å². The van der Waals surface area contributed by atoms with E-state index in [-0.39, 0.29) is 11.7 Å². The molecule has 3 aromatic carbocycles. The van der Waals surface area contributed by atoms with Gasteiger partial charge in [-0.1, -0.05) is 78.3 Å². The van der Waals surface area contributed by atoms with Crippen LogP contribution >= 0.6 is 11.6 Å². The monoisotopic (exact) mass is 330 g/mol. The van der Waals surface area contributed by atoms with Crippen molar-refractivity contribution >= 4 is 23.5 Å². The molecule has 0 bridgehead atoms. The Labute approximate surface area is 146 Å². The molecule has 0 saturated carbocycles. The third-order valence-electron chi connectivity index (χ3n) is 4.41. The van der Waals surface area contributed by atoms with Crippen LogP contribution in [0.3, 0.4) is 0 Å². The minimum atomic E-state index is -0.0226. The van der Waals surface area contributed by atoms with E-state index < -0.39 is 0 Å². The standard InChI is InChI=1S/C22H15ClO/c23-17-12-10-15(11-13-17)14-20-21(16-6-2-1-3-7-16)18-8-4-5-9-19(18)22(20)24/h1-14,21H/b20-14+/t21-/m0/s1. The van der Waals surface area contributed by atoms with Crippen molar-refractivity contribution in [3.05, 3.63) is 112 Å². The molecule has 3 aromatic rings. The molecule has 0 spiro atoms. The number of carbonyl (C=O) groups excluding carboxylic acids is 1. The SMILES string of the molecule is O=C1/C(=C/c2ccc(Cl)cc2)[C@@H](c2ccccc2)c2ccccc21. The van der Waals surface area contributed by atoms with Gasteiger partial charge in [0.1, 0.15) is 0 Å². The van der Waals surface area contributed by atoms with Gasteiger partial charge in [-0.2, -0.15) is 0 Å². The molecule has 24 heavy (non-hydrogen) atoms. The molecule has 0 heterocycles. The lowest BCUT2D eigenvalue weighted by molar-refractivity contribution is 0.103. The van der Waals surface area contributed by atoms with Crippen LogP contribution < -0.4 is 0 Å². The van der Waals surface area contributed by atoms with Crippen molar-refractivity contribution in [2.24, 2.45) is 0 Å². The van der Waals surface area contributed by atoms with Crippen LogP contribution in [0.25, 0.3) is 6.08 Å². The topological polar surface area (TPSA) is 17.1 Å². The van der Waals surface area contributed by atoms with Gasteiger partial charge in [0.15, 0.2) is 5.78 Å². The summed E-state index contributed by atoms with van der Waals surface area (Å²) in [5, 5.41) is 0.692. The normalized spacial score (nSPS) is 18.0. The van der Waals surface area contributed by atoms with Crippen molar-refractivity contribution in [2.45, 2.75) is 5.92 Å². The Morgan fingerprint density at radius 2 is 1.46 bits per heavy atom. The van der Waals surface area contributed by atoms with E-state index in [0.29, 0.717) is 5.02 Å². The number of carbonyl (C=O) groups is 1. The Morgan fingerprint density at radius 1 is 0.792 bits per heavy atom. The van der Waals surface area contributed by atoms with Crippen LogP contribution in [0.5, 0.6) is 0 Å². The van der Waals surface area contributed by atoms with Gasteiger partial charge >= 0.3 is 0 Å². The molecule has 0 amide bonds. The van der Waals surface area contributed by atoms with Gasteiger partial charge in [0.05, 0.1) is 0 Å². The lowest BCUT2D eigenvalue weighted by atomic mass is 9.89. The average Bonchev–Trinajstić information content (AvgIpc) is 2.90. The number of Topliss-reactive ketones (excluding diaryl/α,β-unsaturated/α-hetero) is 1. The molecule has 1 aliphatic carbocycles. The first kappa shape index (κ1) is 14.9. The maximum absolute atomic E-state index is 13.0. The largest absolute Gasteiger partial charge is 0.289 e. The molecule has 4 rings (SSSR count). The highest BCUT2D eigenvalue weighted by Crippen LogP contribution is 2.42. The lowest BCUT2D eigenvalue weighted by Gasteiger charge is -2.13. The van der Waals surface area contributed by atoms with Crippen molar-refractivity contribution in [1.29, 1.82) is 0 Å². The minimum Gasteiger partial charge on any atom is -0.289 e. The summed E-state index contributed by atoms with van der Waals surface area (Å²) in [6.45, 7) is 0. The lowest BCUT2D eigenvalue weighted by Crippen LogP contribution is -2.02. The molecule has 2 heteroatoms. The Bertz CT molecular complexity index is 924. The maximum Gasteiger partial charge on any atom is 0.190 e. The summed E-state index contributed by atoms with van der Waals surface area (Å²) in [5.41, 5.74) is 4.80. The molecule has 1 atom stereocenters. The molecular formula is C22H15ClO. The Morgan fingerprint density at radius 3 is 2.21 bits per heavy atom. The first-order chi connectivity index (χ1) is 11.7. The molecule has 116 valence electrons. The van der Waals surface area contributed by atoms with Gasteiger partial charge in [0.2, 0.25) is 0 Å². The fourth-order valence-electron chi connectivity index (χ4n) is 3.30. The van der Waals surface area contributed by atoms with E-state index in [1.807, 2.05) is 72.8 Å². The summed E-state index contributed by atoms with van der Waals surface area (Å²) in [6.07, 6.45) is 1.98. The van der Waals surface area contributed by atoms with Crippen LogP contribution in [0, 0.1) is 0 Å². The molecule has 1 nitrogen and oxygen atoms in total. The van der Waals surface area contributed by atoms with Crippen LogP contribution in [0.15, 0.2) is 84.4 Å². The summed E-state index contributed by atoms with van der Waals surface area (Å²) < 4.78 is 0. The summed E-state index contributed by atoms with van der Waals surface area (Å²) in [5.74, 6) is 0.0833. The second kappa shape index (κ2) is 6.10. The summed E-state index contributed by atoms with van der Waals surface area (Å²) in [7, 11) is 0. The summed E-state index contributed by atoms with van der Waals surface area (Å²) in [6, 6.07) is 25.6. The zero-order valence-electron chi connectivity index (χ0n) is 12.9. The summed E-state index contributed by atoms with van der Waals surface area (Å²) >= 11 is 5.97. The van der Waals surface area contributed by atoms with Crippen molar-refractivity contribution in [3.63, 3.8) is 0 Å². The van der Waals surface area contributed by atoms with E-state index in [4.69, 9.17) is 11.6 Å². The second-order valence-electron chi connectivity index (χ2n) is 5.91. The Kier molecular flexibility index (Phi) is 3.79. The Hall–Kier alpha value is -2.64.